The highest BCUT2D eigenvalue weighted by atomic mass is 16.5. The van der Waals surface area contributed by atoms with Crippen molar-refractivity contribution in [2.45, 2.75) is 26.4 Å². The van der Waals surface area contributed by atoms with Crippen LogP contribution in [-0.2, 0) is 4.74 Å². The highest BCUT2D eigenvalue weighted by Crippen LogP contribution is 2.15. The normalized spacial score (nSPS) is 18.6. The van der Waals surface area contributed by atoms with Gasteiger partial charge in [-0.1, -0.05) is 13.8 Å². The highest BCUT2D eigenvalue weighted by molar-refractivity contribution is 5.94. The summed E-state index contributed by atoms with van der Waals surface area (Å²) in [5.41, 5.74) is 0.574. The standard InChI is InChI=1S/C14H20N2O3/c1-10(2)8-16-14(17)11-3-5-15-13(7-11)19-12-4-6-18-9-12/h3,5,7,10,12H,4,6,8-9H2,1-2H3,(H,16,17). The zero-order valence-electron chi connectivity index (χ0n) is 11.4. The lowest BCUT2D eigenvalue weighted by molar-refractivity contribution is 0.0947. The maximum atomic E-state index is 11.9. The van der Waals surface area contributed by atoms with E-state index in [0.717, 1.165) is 13.0 Å². The molecule has 0 bridgehead atoms. The lowest BCUT2D eigenvalue weighted by Crippen LogP contribution is -2.27. The zero-order chi connectivity index (χ0) is 13.7. The van der Waals surface area contributed by atoms with Crippen molar-refractivity contribution in [3.8, 4) is 5.88 Å². The third kappa shape index (κ3) is 4.21. The third-order valence-electron chi connectivity index (χ3n) is 2.84. The van der Waals surface area contributed by atoms with Gasteiger partial charge in [0, 0.05) is 30.8 Å². The summed E-state index contributed by atoms with van der Waals surface area (Å²) in [6.45, 7) is 6.08. The molecular weight excluding hydrogens is 244 g/mol. The third-order valence-corrected chi connectivity index (χ3v) is 2.84. The van der Waals surface area contributed by atoms with Gasteiger partial charge in [0.2, 0.25) is 5.88 Å². The molecule has 19 heavy (non-hydrogen) atoms. The lowest BCUT2D eigenvalue weighted by Gasteiger charge is -2.12. The van der Waals surface area contributed by atoms with Gasteiger partial charge in [-0.25, -0.2) is 4.98 Å². The van der Waals surface area contributed by atoms with Crippen LogP contribution in [0.5, 0.6) is 5.88 Å². The van der Waals surface area contributed by atoms with Gasteiger partial charge < -0.3 is 14.8 Å². The fraction of sp³-hybridized carbons (Fsp3) is 0.571. The molecule has 1 saturated heterocycles. The Morgan fingerprint density at radius 2 is 2.47 bits per heavy atom. The van der Waals surface area contributed by atoms with E-state index in [2.05, 4.69) is 24.1 Å². The lowest BCUT2D eigenvalue weighted by atomic mass is 10.2. The number of aromatic nitrogens is 1. The van der Waals surface area contributed by atoms with Crippen molar-refractivity contribution >= 4 is 5.91 Å². The molecule has 0 saturated carbocycles. The maximum absolute atomic E-state index is 11.9. The van der Waals surface area contributed by atoms with Crippen molar-refractivity contribution < 1.29 is 14.3 Å². The second-order valence-electron chi connectivity index (χ2n) is 5.09. The first-order chi connectivity index (χ1) is 9.15. The van der Waals surface area contributed by atoms with Crippen LogP contribution in [0, 0.1) is 5.92 Å². The molecule has 104 valence electrons. The molecule has 1 amide bonds. The van der Waals surface area contributed by atoms with Crippen LogP contribution in [0.3, 0.4) is 0 Å². The first kappa shape index (κ1) is 13.8. The minimum absolute atomic E-state index is 0.0430. The van der Waals surface area contributed by atoms with Gasteiger partial charge in [0.05, 0.1) is 13.2 Å². The Balaban J connectivity index is 1.95. The van der Waals surface area contributed by atoms with Crippen molar-refractivity contribution in [3.05, 3.63) is 23.9 Å². The quantitative estimate of drug-likeness (QED) is 0.878. The van der Waals surface area contributed by atoms with E-state index >= 15 is 0 Å². The molecule has 2 heterocycles. The predicted octanol–water partition coefficient (Wildman–Crippen LogP) is 1.64. The number of amides is 1. The minimum Gasteiger partial charge on any atom is -0.472 e. The van der Waals surface area contributed by atoms with Gasteiger partial charge in [0.1, 0.15) is 6.10 Å². The van der Waals surface area contributed by atoms with Crippen LogP contribution in [0.1, 0.15) is 30.6 Å². The SMILES string of the molecule is CC(C)CNC(=O)c1ccnc(OC2CCOC2)c1. The van der Waals surface area contributed by atoms with Crippen molar-refractivity contribution in [1.29, 1.82) is 0 Å². The van der Waals surface area contributed by atoms with E-state index in [1.807, 2.05) is 0 Å². The molecule has 5 heteroatoms. The average molecular weight is 264 g/mol. The number of ether oxygens (including phenoxy) is 2. The van der Waals surface area contributed by atoms with Gasteiger partial charge in [0.25, 0.3) is 5.91 Å². The molecule has 0 radical (unpaired) electrons. The van der Waals surface area contributed by atoms with Crippen molar-refractivity contribution in [2.75, 3.05) is 19.8 Å². The van der Waals surface area contributed by atoms with Crippen molar-refractivity contribution in [3.63, 3.8) is 0 Å². The van der Waals surface area contributed by atoms with E-state index in [1.165, 1.54) is 0 Å². The summed E-state index contributed by atoms with van der Waals surface area (Å²) in [4.78, 5) is 16.0. The van der Waals surface area contributed by atoms with Gasteiger partial charge in [0.15, 0.2) is 0 Å². The largest absolute Gasteiger partial charge is 0.472 e. The molecule has 1 unspecified atom stereocenters. The van der Waals surface area contributed by atoms with Gasteiger partial charge in [-0.05, 0) is 12.0 Å². The Labute approximate surface area is 113 Å². The smallest absolute Gasteiger partial charge is 0.251 e. The van der Waals surface area contributed by atoms with Crippen LogP contribution in [0.15, 0.2) is 18.3 Å². The van der Waals surface area contributed by atoms with Gasteiger partial charge in [-0.15, -0.1) is 0 Å². The number of hydrogen-bond donors (Lipinski definition) is 1. The number of pyridine rings is 1. The molecule has 1 fully saturated rings. The fourth-order valence-electron chi connectivity index (χ4n) is 1.79. The van der Waals surface area contributed by atoms with Crippen LogP contribution in [-0.4, -0.2) is 36.8 Å². The zero-order valence-corrected chi connectivity index (χ0v) is 11.4. The van der Waals surface area contributed by atoms with Crippen molar-refractivity contribution in [2.24, 2.45) is 5.92 Å². The first-order valence-corrected chi connectivity index (χ1v) is 6.64. The Hall–Kier alpha value is -1.62. The molecule has 1 aliphatic heterocycles. The van der Waals surface area contributed by atoms with E-state index in [4.69, 9.17) is 9.47 Å². The molecule has 0 spiro atoms. The molecule has 1 atom stereocenters. The average Bonchev–Trinajstić information content (AvgIpc) is 2.89. The van der Waals surface area contributed by atoms with Crippen molar-refractivity contribution in [1.82, 2.24) is 10.3 Å². The molecule has 1 N–H and O–H groups in total. The van der Waals surface area contributed by atoms with E-state index in [1.54, 1.807) is 18.3 Å². The summed E-state index contributed by atoms with van der Waals surface area (Å²) in [5.74, 6) is 0.813. The molecule has 1 aromatic rings. The van der Waals surface area contributed by atoms with Gasteiger partial charge >= 0.3 is 0 Å². The fourth-order valence-corrected chi connectivity index (χ4v) is 1.79. The number of nitrogens with zero attached hydrogens (tertiary/aromatic N) is 1. The molecule has 5 nitrogen and oxygen atoms in total. The Morgan fingerprint density at radius 1 is 1.63 bits per heavy atom. The first-order valence-electron chi connectivity index (χ1n) is 6.64. The number of carbonyl (C=O) groups excluding carboxylic acids is 1. The Bertz CT molecular complexity index is 428. The summed E-state index contributed by atoms with van der Waals surface area (Å²) < 4.78 is 10.9. The summed E-state index contributed by atoms with van der Waals surface area (Å²) >= 11 is 0. The minimum atomic E-state index is -0.0939. The number of nitrogens with one attached hydrogen (secondary N) is 1. The van der Waals surface area contributed by atoms with E-state index in [0.29, 0.717) is 30.5 Å². The number of hydrogen-bond acceptors (Lipinski definition) is 4. The molecule has 0 aliphatic carbocycles. The Kier molecular flexibility index (Phi) is 4.74. The van der Waals surface area contributed by atoms with Crippen LogP contribution in [0.4, 0.5) is 0 Å². The van der Waals surface area contributed by atoms with Crippen LogP contribution < -0.4 is 10.1 Å². The number of carbonyl (C=O) groups is 1. The molecule has 0 aromatic carbocycles. The molecule has 2 rings (SSSR count). The van der Waals surface area contributed by atoms with Crippen LogP contribution >= 0.6 is 0 Å². The number of rotatable bonds is 5. The van der Waals surface area contributed by atoms with E-state index < -0.39 is 0 Å². The highest BCUT2D eigenvalue weighted by Gasteiger charge is 2.18. The second kappa shape index (κ2) is 6.52. The summed E-state index contributed by atoms with van der Waals surface area (Å²) in [6.07, 6.45) is 2.50. The van der Waals surface area contributed by atoms with E-state index in [-0.39, 0.29) is 12.0 Å². The summed E-state index contributed by atoms with van der Waals surface area (Å²) in [7, 11) is 0. The topological polar surface area (TPSA) is 60.5 Å². The van der Waals surface area contributed by atoms with Gasteiger partial charge in [-0.3, -0.25) is 4.79 Å². The monoisotopic (exact) mass is 264 g/mol. The maximum Gasteiger partial charge on any atom is 0.251 e. The second-order valence-corrected chi connectivity index (χ2v) is 5.09. The Morgan fingerprint density at radius 3 is 3.16 bits per heavy atom. The predicted molar refractivity (Wildman–Crippen MR) is 71.3 cm³/mol. The van der Waals surface area contributed by atoms with Crippen LogP contribution in [0.2, 0.25) is 0 Å². The van der Waals surface area contributed by atoms with Crippen LogP contribution in [0.25, 0.3) is 0 Å². The van der Waals surface area contributed by atoms with E-state index in [9.17, 15) is 4.79 Å². The summed E-state index contributed by atoms with van der Waals surface area (Å²) in [5, 5.41) is 2.87. The molecular formula is C14H20N2O3. The molecule has 1 aliphatic rings. The van der Waals surface area contributed by atoms with Gasteiger partial charge in [-0.2, -0.15) is 0 Å². The molecule has 1 aromatic heterocycles. The summed E-state index contributed by atoms with van der Waals surface area (Å²) in [6, 6.07) is 3.36.